The molecule has 3 nitrogen and oxygen atoms in total. The Morgan fingerprint density at radius 2 is 1.76 bits per heavy atom. The fourth-order valence-corrected chi connectivity index (χ4v) is 1.69. The zero-order chi connectivity index (χ0) is 15.6. The molecule has 0 aliphatic carbocycles. The van der Waals surface area contributed by atoms with Gasteiger partial charge in [-0.1, -0.05) is 12.1 Å². The van der Waals surface area contributed by atoms with Gasteiger partial charge in [0.15, 0.2) is 11.5 Å². The Hall–Kier alpha value is -2.44. The standard InChI is InChI=1S/C14H9F4NO2/c1-21-13(20)12-11(15)6-9(7-19-12)8-2-4-10(5-3-8)14(16,17)18/h2-7H,1H3. The molecule has 0 aliphatic heterocycles. The molecule has 1 heterocycles. The lowest BCUT2D eigenvalue weighted by molar-refractivity contribution is -0.137. The minimum atomic E-state index is -4.43. The predicted molar refractivity (Wildman–Crippen MR) is 66.0 cm³/mol. The lowest BCUT2D eigenvalue weighted by Crippen LogP contribution is -2.07. The lowest BCUT2D eigenvalue weighted by atomic mass is 10.0. The molecule has 7 heteroatoms. The molecule has 110 valence electrons. The topological polar surface area (TPSA) is 39.2 Å². The zero-order valence-electron chi connectivity index (χ0n) is 10.7. The number of methoxy groups -OCH3 is 1. The fourth-order valence-electron chi connectivity index (χ4n) is 1.69. The maximum Gasteiger partial charge on any atom is 0.416 e. The third-order valence-electron chi connectivity index (χ3n) is 2.77. The number of benzene rings is 1. The first-order valence-corrected chi connectivity index (χ1v) is 5.74. The Morgan fingerprint density at radius 1 is 1.14 bits per heavy atom. The SMILES string of the molecule is COC(=O)c1ncc(-c2ccc(C(F)(F)F)cc2)cc1F. The van der Waals surface area contributed by atoms with E-state index in [1.165, 1.54) is 18.3 Å². The Labute approximate surface area is 117 Å². The van der Waals surface area contributed by atoms with Crippen molar-refractivity contribution >= 4 is 5.97 Å². The van der Waals surface area contributed by atoms with Gasteiger partial charge in [0.2, 0.25) is 0 Å². The summed E-state index contributed by atoms with van der Waals surface area (Å²) in [5, 5.41) is 0. The van der Waals surface area contributed by atoms with E-state index in [2.05, 4.69) is 9.72 Å². The number of esters is 1. The van der Waals surface area contributed by atoms with Crippen molar-refractivity contribution in [2.75, 3.05) is 7.11 Å². The van der Waals surface area contributed by atoms with E-state index in [1.54, 1.807) is 0 Å². The van der Waals surface area contributed by atoms with Gasteiger partial charge in [0.25, 0.3) is 0 Å². The minimum Gasteiger partial charge on any atom is -0.464 e. The number of rotatable bonds is 2. The maximum absolute atomic E-state index is 13.7. The molecule has 0 aliphatic rings. The smallest absolute Gasteiger partial charge is 0.416 e. The van der Waals surface area contributed by atoms with Crippen LogP contribution in [0.15, 0.2) is 36.5 Å². The van der Waals surface area contributed by atoms with Gasteiger partial charge in [-0.3, -0.25) is 0 Å². The van der Waals surface area contributed by atoms with Gasteiger partial charge in [0.1, 0.15) is 0 Å². The molecule has 1 aromatic carbocycles. The summed E-state index contributed by atoms with van der Waals surface area (Å²) in [5.74, 6) is -1.83. The van der Waals surface area contributed by atoms with Crippen LogP contribution in [0.1, 0.15) is 16.1 Å². The second-order valence-corrected chi connectivity index (χ2v) is 4.12. The van der Waals surface area contributed by atoms with Crippen molar-refractivity contribution in [1.29, 1.82) is 0 Å². The second kappa shape index (κ2) is 5.51. The summed E-state index contributed by atoms with van der Waals surface area (Å²) in [6, 6.07) is 5.21. The molecule has 0 N–H and O–H groups in total. The monoisotopic (exact) mass is 299 g/mol. The van der Waals surface area contributed by atoms with E-state index in [4.69, 9.17) is 0 Å². The third kappa shape index (κ3) is 3.18. The predicted octanol–water partition coefficient (Wildman–Crippen LogP) is 3.69. The Bertz CT molecular complexity index is 666. The number of hydrogen-bond donors (Lipinski definition) is 0. The zero-order valence-corrected chi connectivity index (χ0v) is 10.7. The van der Waals surface area contributed by atoms with Crippen molar-refractivity contribution in [2.45, 2.75) is 6.18 Å². The molecule has 0 radical (unpaired) electrons. The van der Waals surface area contributed by atoms with E-state index in [0.29, 0.717) is 5.56 Å². The highest BCUT2D eigenvalue weighted by Gasteiger charge is 2.30. The van der Waals surface area contributed by atoms with Gasteiger partial charge in [-0.25, -0.2) is 14.2 Å². The number of nitrogens with zero attached hydrogens (tertiary/aromatic N) is 1. The van der Waals surface area contributed by atoms with Crippen LogP contribution in [0.5, 0.6) is 0 Å². The molecular weight excluding hydrogens is 290 g/mol. The largest absolute Gasteiger partial charge is 0.464 e. The second-order valence-electron chi connectivity index (χ2n) is 4.12. The van der Waals surface area contributed by atoms with Crippen molar-refractivity contribution < 1.29 is 27.1 Å². The summed E-state index contributed by atoms with van der Waals surface area (Å²) in [6.07, 6.45) is -3.24. The number of aromatic nitrogens is 1. The van der Waals surface area contributed by atoms with E-state index in [-0.39, 0.29) is 5.56 Å². The van der Waals surface area contributed by atoms with E-state index in [9.17, 15) is 22.4 Å². The number of carbonyl (C=O) groups excluding carboxylic acids is 1. The normalized spacial score (nSPS) is 11.3. The summed E-state index contributed by atoms with van der Waals surface area (Å²) >= 11 is 0. The molecule has 0 unspecified atom stereocenters. The molecule has 0 spiro atoms. The van der Waals surface area contributed by atoms with Crippen LogP contribution in [-0.4, -0.2) is 18.1 Å². The molecule has 0 fully saturated rings. The maximum atomic E-state index is 13.7. The van der Waals surface area contributed by atoms with Crippen LogP contribution in [0.2, 0.25) is 0 Å². The number of pyridine rings is 1. The number of hydrogen-bond acceptors (Lipinski definition) is 3. The molecule has 0 bridgehead atoms. The number of ether oxygens (including phenoxy) is 1. The molecule has 0 saturated heterocycles. The first kappa shape index (κ1) is 15.0. The van der Waals surface area contributed by atoms with Crippen molar-refractivity contribution in [2.24, 2.45) is 0 Å². The summed E-state index contributed by atoms with van der Waals surface area (Å²) < 4.78 is 55.4. The highest BCUT2D eigenvalue weighted by molar-refractivity contribution is 5.87. The number of halogens is 4. The summed E-state index contributed by atoms with van der Waals surface area (Å²) in [5.41, 5.74) is -0.668. The average molecular weight is 299 g/mol. The summed E-state index contributed by atoms with van der Waals surface area (Å²) in [6.45, 7) is 0. The highest BCUT2D eigenvalue weighted by Crippen LogP contribution is 2.31. The summed E-state index contributed by atoms with van der Waals surface area (Å²) in [4.78, 5) is 14.8. The van der Waals surface area contributed by atoms with Crippen LogP contribution in [0, 0.1) is 5.82 Å². The van der Waals surface area contributed by atoms with Crippen molar-refractivity contribution in [3.63, 3.8) is 0 Å². The molecular formula is C14H9F4NO2. The van der Waals surface area contributed by atoms with Gasteiger partial charge in [0, 0.05) is 11.8 Å². The van der Waals surface area contributed by atoms with Crippen LogP contribution in [0.25, 0.3) is 11.1 Å². The van der Waals surface area contributed by atoms with Crippen molar-refractivity contribution in [3.05, 3.63) is 53.6 Å². The lowest BCUT2D eigenvalue weighted by Gasteiger charge is -2.08. The minimum absolute atomic E-state index is 0.258. The van der Waals surface area contributed by atoms with Gasteiger partial charge in [0.05, 0.1) is 12.7 Å². The molecule has 0 amide bonds. The van der Waals surface area contributed by atoms with Gasteiger partial charge >= 0.3 is 12.1 Å². The van der Waals surface area contributed by atoms with E-state index in [1.807, 2.05) is 0 Å². The molecule has 0 saturated carbocycles. The van der Waals surface area contributed by atoms with Crippen LogP contribution in [-0.2, 0) is 10.9 Å². The van der Waals surface area contributed by atoms with Crippen LogP contribution in [0.3, 0.4) is 0 Å². The first-order chi connectivity index (χ1) is 9.82. The van der Waals surface area contributed by atoms with Crippen LogP contribution in [0.4, 0.5) is 17.6 Å². The van der Waals surface area contributed by atoms with Gasteiger partial charge in [-0.2, -0.15) is 13.2 Å². The molecule has 2 rings (SSSR count). The van der Waals surface area contributed by atoms with Gasteiger partial charge < -0.3 is 4.74 Å². The van der Waals surface area contributed by atoms with E-state index < -0.39 is 29.2 Å². The van der Waals surface area contributed by atoms with E-state index >= 15 is 0 Å². The summed E-state index contributed by atoms with van der Waals surface area (Å²) in [7, 11) is 1.09. The fraction of sp³-hybridized carbons (Fsp3) is 0.143. The highest BCUT2D eigenvalue weighted by atomic mass is 19.4. The Kier molecular flexibility index (Phi) is 3.93. The Morgan fingerprint density at radius 3 is 2.24 bits per heavy atom. The Balaban J connectivity index is 2.35. The average Bonchev–Trinajstić information content (AvgIpc) is 2.45. The molecule has 0 atom stereocenters. The van der Waals surface area contributed by atoms with Gasteiger partial charge in [-0.05, 0) is 23.8 Å². The first-order valence-electron chi connectivity index (χ1n) is 5.74. The van der Waals surface area contributed by atoms with Crippen molar-refractivity contribution in [3.8, 4) is 11.1 Å². The van der Waals surface area contributed by atoms with Crippen molar-refractivity contribution in [1.82, 2.24) is 4.98 Å². The third-order valence-corrected chi connectivity index (χ3v) is 2.77. The molecule has 2 aromatic rings. The molecule has 21 heavy (non-hydrogen) atoms. The van der Waals surface area contributed by atoms with Crippen LogP contribution >= 0.6 is 0 Å². The van der Waals surface area contributed by atoms with Gasteiger partial charge in [-0.15, -0.1) is 0 Å². The molecule has 1 aromatic heterocycles. The van der Waals surface area contributed by atoms with Crippen LogP contribution < -0.4 is 0 Å². The number of carbonyl (C=O) groups is 1. The number of alkyl halides is 3. The quantitative estimate of drug-likeness (QED) is 0.627. The van der Waals surface area contributed by atoms with E-state index in [0.717, 1.165) is 25.3 Å².